The lowest BCUT2D eigenvalue weighted by molar-refractivity contribution is -0.384. The number of hydrogen-bond donors (Lipinski definition) is 2. The van der Waals surface area contributed by atoms with Gasteiger partial charge in [0, 0.05) is 24.3 Å². The second kappa shape index (κ2) is 6.78. The van der Waals surface area contributed by atoms with Crippen LogP contribution in [0.25, 0.3) is 0 Å². The summed E-state index contributed by atoms with van der Waals surface area (Å²) in [4.78, 5) is 42.6. The van der Waals surface area contributed by atoms with E-state index >= 15 is 0 Å². The predicted molar refractivity (Wildman–Crippen MR) is 66.7 cm³/mol. The number of carboxylic acids is 1. The molecule has 0 aliphatic rings. The van der Waals surface area contributed by atoms with Gasteiger partial charge in [-0.2, -0.15) is 0 Å². The van der Waals surface area contributed by atoms with Crippen LogP contribution in [0.5, 0.6) is 0 Å². The van der Waals surface area contributed by atoms with Gasteiger partial charge in [-0.3, -0.25) is 25.0 Å². The van der Waals surface area contributed by atoms with Gasteiger partial charge >= 0.3 is 5.97 Å². The maximum atomic E-state index is 11.4. The Morgan fingerprint density at radius 2 is 1.80 bits per heavy atom. The summed E-state index contributed by atoms with van der Waals surface area (Å²) >= 11 is 0. The van der Waals surface area contributed by atoms with E-state index in [4.69, 9.17) is 5.11 Å². The van der Waals surface area contributed by atoms with E-state index in [9.17, 15) is 24.5 Å². The third-order valence-electron chi connectivity index (χ3n) is 2.15. The van der Waals surface area contributed by atoms with Gasteiger partial charge in [0.25, 0.3) is 11.6 Å². The van der Waals surface area contributed by atoms with E-state index in [1.807, 2.05) is 5.32 Å². The molecule has 0 saturated carbocycles. The van der Waals surface area contributed by atoms with Gasteiger partial charge in [-0.1, -0.05) is 12.1 Å². The van der Waals surface area contributed by atoms with Gasteiger partial charge in [-0.25, -0.2) is 4.79 Å². The number of nitro groups is 1. The number of benzene rings is 1. The zero-order valence-electron chi connectivity index (χ0n) is 10.1. The molecular formula is C12H10N2O6. The molecule has 0 bridgehead atoms. The Kier molecular flexibility index (Phi) is 5.10. The Hall–Kier alpha value is -3.03. The number of rotatable bonds is 5. The molecule has 0 aromatic heterocycles. The van der Waals surface area contributed by atoms with Crippen molar-refractivity contribution in [3.8, 4) is 0 Å². The van der Waals surface area contributed by atoms with Crippen LogP contribution in [0, 0.1) is 10.1 Å². The van der Waals surface area contributed by atoms with E-state index in [1.165, 1.54) is 24.3 Å². The number of imide groups is 1. The highest BCUT2D eigenvalue weighted by Gasteiger charge is 2.09. The summed E-state index contributed by atoms with van der Waals surface area (Å²) in [5.74, 6) is -2.79. The average molecular weight is 278 g/mol. The van der Waals surface area contributed by atoms with Gasteiger partial charge in [0.2, 0.25) is 5.91 Å². The van der Waals surface area contributed by atoms with Crippen molar-refractivity contribution < 1.29 is 24.4 Å². The van der Waals surface area contributed by atoms with Crippen LogP contribution in [0.15, 0.2) is 36.4 Å². The van der Waals surface area contributed by atoms with Crippen molar-refractivity contribution in [3.05, 3.63) is 52.1 Å². The van der Waals surface area contributed by atoms with Gasteiger partial charge in [0.05, 0.1) is 11.3 Å². The number of aliphatic carboxylic acids is 1. The Labute approximate surface area is 112 Å². The third kappa shape index (κ3) is 5.08. The van der Waals surface area contributed by atoms with E-state index in [0.717, 1.165) is 6.08 Å². The molecule has 0 spiro atoms. The molecule has 0 heterocycles. The lowest BCUT2D eigenvalue weighted by atomic mass is 10.1. The molecule has 2 N–H and O–H groups in total. The Bertz CT molecular complexity index is 576. The van der Waals surface area contributed by atoms with Gasteiger partial charge in [0.1, 0.15) is 0 Å². The van der Waals surface area contributed by atoms with Crippen molar-refractivity contribution in [2.24, 2.45) is 0 Å². The van der Waals surface area contributed by atoms with Crippen molar-refractivity contribution in [1.29, 1.82) is 0 Å². The molecule has 1 aromatic rings. The first-order valence-electron chi connectivity index (χ1n) is 5.36. The minimum absolute atomic E-state index is 0.102. The molecule has 0 aliphatic heterocycles. The molecule has 0 fully saturated rings. The third-order valence-corrected chi connectivity index (χ3v) is 2.15. The zero-order valence-corrected chi connectivity index (χ0v) is 10.1. The van der Waals surface area contributed by atoms with E-state index < -0.39 is 22.7 Å². The van der Waals surface area contributed by atoms with Gasteiger partial charge in [-0.15, -0.1) is 0 Å². The van der Waals surface area contributed by atoms with Gasteiger partial charge < -0.3 is 5.11 Å². The lowest BCUT2D eigenvalue weighted by Gasteiger charge is -2.01. The fourth-order valence-electron chi connectivity index (χ4n) is 1.29. The Morgan fingerprint density at radius 1 is 1.20 bits per heavy atom. The number of non-ortho nitro benzene ring substituents is 1. The number of nitrogens with zero attached hydrogens (tertiary/aromatic N) is 1. The van der Waals surface area contributed by atoms with Gasteiger partial charge in [0.15, 0.2) is 0 Å². The maximum Gasteiger partial charge on any atom is 0.328 e. The summed E-state index contributed by atoms with van der Waals surface area (Å²) in [5.41, 5.74) is 0.387. The van der Waals surface area contributed by atoms with Crippen molar-refractivity contribution >= 4 is 23.5 Å². The van der Waals surface area contributed by atoms with E-state index in [0.29, 0.717) is 11.6 Å². The van der Waals surface area contributed by atoms with Crippen LogP contribution in [0.3, 0.4) is 0 Å². The van der Waals surface area contributed by atoms with Crippen molar-refractivity contribution in [2.75, 3.05) is 0 Å². The van der Waals surface area contributed by atoms with Crippen LogP contribution in [-0.4, -0.2) is 27.8 Å². The molecule has 0 radical (unpaired) electrons. The van der Waals surface area contributed by atoms with Crippen LogP contribution in [0.4, 0.5) is 5.69 Å². The molecule has 0 aliphatic carbocycles. The summed E-state index contributed by atoms with van der Waals surface area (Å²) in [6.45, 7) is 0. The predicted octanol–water partition coefficient (Wildman–Crippen LogP) is 0.421. The van der Waals surface area contributed by atoms with Crippen molar-refractivity contribution in [3.63, 3.8) is 0 Å². The molecule has 1 rings (SSSR count). The largest absolute Gasteiger partial charge is 0.478 e. The highest BCUT2D eigenvalue weighted by Crippen LogP contribution is 2.12. The van der Waals surface area contributed by atoms with E-state index in [2.05, 4.69) is 0 Å². The van der Waals surface area contributed by atoms with Gasteiger partial charge in [-0.05, 0) is 5.56 Å². The smallest absolute Gasteiger partial charge is 0.328 e. The molecule has 2 amide bonds. The summed E-state index contributed by atoms with van der Waals surface area (Å²) in [7, 11) is 0. The summed E-state index contributed by atoms with van der Waals surface area (Å²) in [5, 5.41) is 20.7. The quantitative estimate of drug-likeness (QED) is 0.456. The van der Waals surface area contributed by atoms with Crippen molar-refractivity contribution in [2.45, 2.75) is 6.42 Å². The topological polar surface area (TPSA) is 127 Å². The molecule has 104 valence electrons. The van der Waals surface area contributed by atoms with E-state index in [-0.39, 0.29) is 12.1 Å². The molecule has 20 heavy (non-hydrogen) atoms. The first kappa shape index (κ1) is 15.0. The van der Waals surface area contributed by atoms with Crippen LogP contribution < -0.4 is 5.32 Å². The molecule has 0 unspecified atom stereocenters. The number of hydrogen-bond acceptors (Lipinski definition) is 5. The standard InChI is InChI=1S/C12H10N2O6/c15-10(5-6-12(17)18)13-11(16)7-8-1-3-9(4-2-8)14(19)20/h1-6H,7H2,(H,17,18)(H,13,15,16)/b6-5+. The number of nitro benzene ring substituents is 1. The normalized spacial score (nSPS) is 10.2. The Balaban J connectivity index is 2.56. The summed E-state index contributed by atoms with van der Waals surface area (Å²) < 4.78 is 0. The number of amides is 2. The maximum absolute atomic E-state index is 11.4. The lowest BCUT2D eigenvalue weighted by Crippen LogP contribution is -2.30. The van der Waals surface area contributed by atoms with Crippen molar-refractivity contribution in [1.82, 2.24) is 5.32 Å². The van der Waals surface area contributed by atoms with Crippen LogP contribution in [-0.2, 0) is 20.8 Å². The first-order chi connectivity index (χ1) is 9.38. The zero-order chi connectivity index (χ0) is 15.1. The fourth-order valence-corrected chi connectivity index (χ4v) is 1.29. The molecule has 0 atom stereocenters. The number of carboxylic acid groups (broad SMARTS) is 1. The van der Waals surface area contributed by atoms with Crippen LogP contribution >= 0.6 is 0 Å². The number of carbonyl (C=O) groups is 3. The highest BCUT2D eigenvalue weighted by molar-refractivity contribution is 6.03. The molecule has 8 nitrogen and oxygen atoms in total. The van der Waals surface area contributed by atoms with E-state index in [1.54, 1.807) is 0 Å². The molecule has 1 aromatic carbocycles. The number of nitrogens with one attached hydrogen (secondary N) is 1. The molecule has 8 heteroatoms. The summed E-state index contributed by atoms with van der Waals surface area (Å²) in [6, 6.07) is 5.29. The second-order valence-corrected chi connectivity index (χ2v) is 3.68. The monoisotopic (exact) mass is 278 g/mol. The number of carbonyl (C=O) groups excluding carboxylic acids is 2. The minimum atomic E-state index is -1.30. The SMILES string of the molecule is O=C(O)/C=C/C(=O)NC(=O)Cc1ccc([N+](=O)[O-])cc1. The average Bonchev–Trinajstić information content (AvgIpc) is 2.36. The summed E-state index contributed by atoms with van der Waals surface area (Å²) in [6.07, 6.45) is 1.18. The van der Waals surface area contributed by atoms with Crippen LogP contribution in [0.1, 0.15) is 5.56 Å². The second-order valence-electron chi connectivity index (χ2n) is 3.68. The first-order valence-corrected chi connectivity index (χ1v) is 5.36. The fraction of sp³-hybridized carbons (Fsp3) is 0.0833. The highest BCUT2D eigenvalue weighted by atomic mass is 16.6. The molecular weight excluding hydrogens is 268 g/mol. The van der Waals surface area contributed by atoms with Crippen LogP contribution in [0.2, 0.25) is 0 Å². The molecule has 0 saturated heterocycles. The Morgan fingerprint density at radius 3 is 2.30 bits per heavy atom. The minimum Gasteiger partial charge on any atom is -0.478 e.